The maximum absolute atomic E-state index is 6.80. The average Bonchev–Trinajstić information content (AvgIpc) is 4.00. The third-order valence-corrected chi connectivity index (χ3v) is 18.6. The van der Waals surface area contributed by atoms with Gasteiger partial charge in [0.25, 0.3) is 0 Å². The number of fused-ring (bicyclic) bond motifs is 18. The first kappa shape index (κ1) is 41.0. The summed E-state index contributed by atoms with van der Waals surface area (Å²) in [6.07, 6.45) is 2.40. The third kappa shape index (κ3) is 4.98. The van der Waals surface area contributed by atoms with Crippen LogP contribution in [-0.4, -0.2) is 11.4 Å². The van der Waals surface area contributed by atoms with Gasteiger partial charge in [0.2, 0.25) is 0 Å². The van der Waals surface area contributed by atoms with Crippen molar-refractivity contribution in [1.29, 1.82) is 0 Å². The van der Waals surface area contributed by atoms with E-state index in [1.54, 1.807) is 0 Å². The van der Waals surface area contributed by atoms with E-state index in [4.69, 9.17) is 4.42 Å². The zero-order valence-electron chi connectivity index (χ0n) is 42.5. The van der Waals surface area contributed by atoms with Gasteiger partial charge in [0.05, 0.1) is 11.0 Å². The highest BCUT2D eigenvalue weighted by Crippen LogP contribution is 2.58. The summed E-state index contributed by atoms with van der Waals surface area (Å²) in [4.78, 5) is 2.73. The van der Waals surface area contributed by atoms with Gasteiger partial charge in [0.1, 0.15) is 11.2 Å². The van der Waals surface area contributed by atoms with Gasteiger partial charge in [-0.3, -0.25) is 0 Å². The molecule has 5 aliphatic rings. The molecule has 10 aromatic rings. The summed E-state index contributed by atoms with van der Waals surface area (Å²) < 4.78 is 9.44. The van der Waals surface area contributed by atoms with E-state index in [9.17, 15) is 0 Å². The van der Waals surface area contributed by atoms with Crippen molar-refractivity contribution in [2.45, 2.75) is 116 Å². The van der Waals surface area contributed by atoms with Crippen LogP contribution in [0.15, 0.2) is 138 Å². The molecule has 342 valence electrons. The summed E-state index contributed by atoms with van der Waals surface area (Å²) in [5.74, 6) is 0. The second-order valence-corrected chi connectivity index (χ2v) is 25.2. The van der Waals surface area contributed by atoms with E-state index in [0.717, 1.165) is 21.9 Å². The molecule has 3 nitrogen and oxygen atoms in total. The molecule has 8 aromatic carbocycles. The third-order valence-electron chi connectivity index (χ3n) is 18.6. The number of hydrogen-bond donors (Lipinski definition) is 0. The molecular weight excluding hydrogens is 848 g/mol. The number of aromatic nitrogens is 1. The Balaban J connectivity index is 1.08. The number of anilines is 2. The lowest BCUT2D eigenvalue weighted by molar-refractivity contribution is 0.331. The Bertz CT molecular complexity index is 4050. The van der Waals surface area contributed by atoms with Crippen LogP contribution in [0, 0.1) is 0 Å². The fraction of sp³-hybridized carbons (Fsp3) is 0.273. The zero-order chi connectivity index (χ0) is 47.9. The Hall–Kier alpha value is -6.78. The summed E-state index contributed by atoms with van der Waals surface area (Å²) in [6.45, 7) is 26.5. The van der Waals surface area contributed by atoms with Crippen molar-refractivity contribution in [2.75, 3.05) is 4.81 Å². The van der Waals surface area contributed by atoms with E-state index in [1.165, 1.54) is 135 Å². The molecule has 4 heteroatoms. The van der Waals surface area contributed by atoms with E-state index in [-0.39, 0.29) is 33.9 Å². The Morgan fingerprint density at radius 2 is 1.11 bits per heavy atom. The molecule has 0 amide bonds. The number of rotatable bonds is 1. The minimum Gasteiger partial charge on any atom is -0.456 e. The van der Waals surface area contributed by atoms with Gasteiger partial charge in [-0.2, -0.15) is 0 Å². The Kier molecular flexibility index (Phi) is 7.48. The topological polar surface area (TPSA) is 21.3 Å². The molecule has 0 atom stereocenters. The number of hydrogen-bond acceptors (Lipinski definition) is 2. The quantitative estimate of drug-likeness (QED) is 0.153. The van der Waals surface area contributed by atoms with Crippen molar-refractivity contribution in [3.63, 3.8) is 0 Å². The van der Waals surface area contributed by atoms with Gasteiger partial charge in [0, 0.05) is 61.1 Å². The van der Waals surface area contributed by atoms with Crippen LogP contribution in [0.3, 0.4) is 0 Å². The minimum atomic E-state index is -0.178. The Morgan fingerprint density at radius 1 is 0.471 bits per heavy atom. The molecule has 0 N–H and O–H groups in total. The van der Waals surface area contributed by atoms with Crippen molar-refractivity contribution in [3.8, 4) is 39.1 Å². The lowest BCUT2D eigenvalue weighted by Crippen LogP contribution is -2.60. The molecule has 15 rings (SSSR count). The highest BCUT2D eigenvalue weighted by molar-refractivity contribution is 6.94. The zero-order valence-corrected chi connectivity index (χ0v) is 42.5. The SMILES string of the molecule is CC(C)(C)c1ccc(N2B3c4cc5c(cc4-n4c6cc7c(cc6c6ccc(c3c64)-c3cc4c(cc32)-c2cc3c(cc2C4(C)C)C(C)(C)CCC3(C)C)-c2ccccc2C7(C)C)oc2ccccc25)cc1. The first-order chi connectivity index (χ1) is 33.3. The molecule has 0 bridgehead atoms. The Morgan fingerprint density at radius 3 is 1.89 bits per heavy atom. The standard InChI is InChI=1S/C66H59BN2O/c1-62(2,3)36-20-22-37(23-21-36)69-56-32-44-43-29-52-53(64(6,7)27-26-63(52,4)5)33-50(43)66(10,11)49(44)30-46(56)40-24-25-41-45-28-42-38-16-12-14-18-48(38)65(8,9)51(42)34-55(45)68-57-35-59-47(39-17-13-15-19-58(39)70-59)31-54(57)67(69)60(40)61(41)68/h12-25,28-35H,26-27H2,1-11H3. The van der Waals surface area contributed by atoms with Crippen LogP contribution in [0.5, 0.6) is 0 Å². The first-order valence-corrected chi connectivity index (χ1v) is 25.8. The fourth-order valence-corrected chi connectivity index (χ4v) is 14.5. The minimum absolute atomic E-state index is 0.0242. The molecule has 0 fully saturated rings. The lowest BCUT2D eigenvalue weighted by Gasteiger charge is -2.42. The predicted octanol–water partition coefficient (Wildman–Crippen LogP) is 16.2. The van der Waals surface area contributed by atoms with Crippen molar-refractivity contribution in [3.05, 3.63) is 172 Å². The van der Waals surface area contributed by atoms with E-state index >= 15 is 0 Å². The molecular formula is C66H59BN2O. The maximum atomic E-state index is 6.80. The van der Waals surface area contributed by atoms with Crippen LogP contribution in [0.25, 0.3) is 82.8 Å². The van der Waals surface area contributed by atoms with E-state index in [2.05, 4.69) is 219 Å². The fourth-order valence-electron chi connectivity index (χ4n) is 14.5. The molecule has 70 heavy (non-hydrogen) atoms. The summed E-state index contributed by atoms with van der Waals surface area (Å²) in [6, 6.07) is 52.6. The van der Waals surface area contributed by atoms with E-state index in [0.29, 0.717) is 0 Å². The number of furan rings is 1. The second-order valence-electron chi connectivity index (χ2n) is 25.2. The second kappa shape index (κ2) is 12.8. The van der Waals surface area contributed by atoms with Crippen LogP contribution in [-0.2, 0) is 27.1 Å². The van der Waals surface area contributed by atoms with E-state index in [1.807, 2.05) is 0 Å². The largest absolute Gasteiger partial charge is 0.456 e. The van der Waals surface area contributed by atoms with Crippen LogP contribution in [0.1, 0.15) is 128 Å². The summed E-state index contributed by atoms with van der Waals surface area (Å²) in [5, 5.41) is 4.92. The van der Waals surface area contributed by atoms with E-state index < -0.39 is 0 Å². The average molecular weight is 907 g/mol. The van der Waals surface area contributed by atoms with Crippen LogP contribution < -0.4 is 15.7 Å². The molecule has 2 aliphatic heterocycles. The number of nitrogens with zero attached hydrogens (tertiary/aromatic N) is 2. The molecule has 0 radical (unpaired) electrons. The number of benzene rings is 8. The van der Waals surface area contributed by atoms with Crippen LogP contribution in [0.2, 0.25) is 0 Å². The number of para-hydroxylation sites is 1. The molecule has 3 aliphatic carbocycles. The monoisotopic (exact) mass is 906 g/mol. The summed E-state index contributed by atoms with van der Waals surface area (Å²) >= 11 is 0. The molecule has 0 spiro atoms. The predicted molar refractivity (Wildman–Crippen MR) is 296 cm³/mol. The summed E-state index contributed by atoms with van der Waals surface area (Å²) in [5.41, 5.74) is 28.9. The molecule has 2 aromatic heterocycles. The Labute approximate surface area is 412 Å². The molecule has 0 unspecified atom stereocenters. The molecule has 4 heterocycles. The van der Waals surface area contributed by atoms with Crippen molar-refractivity contribution < 1.29 is 4.42 Å². The molecule has 0 saturated heterocycles. The van der Waals surface area contributed by atoms with Crippen molar-refractivity contribution >= 4 is 72.9 Å². The lowest BCUT2D eigenvalue weighted by atomic mass is 9.44. The highest BCUT2D eigenvalue weighted by atomic mass is 16.3. The van der Waals surface area contributed by atoms with Gasteiger partial charge >= 0.3 is 6.85 Å². The van der Waals surface area contributed by atoms with Gasteiger partial charge in [-0.15, -0.1) is 0 Å². The van der Waals surface area contributed by atoms with Crippen molar-refractivity contribution in [1.82, 2.24) is 4.57 Å². The van der Waals surface area contributed by atoms with Gasteiger partial charge in [-0.1, -0.05) is 155 Å². The molecule has 0 saturated carbocycles. The van der Waals surface area contributed by atoms with Gasteiger partial charge in [-0.05, 0) is 155 Å². The summed E-state index contributed by atoms with van der Waals surface area (Å²) in [7, 11) is 0. The van der Waals surface area contributed by atoms with Crippen LogP contribution in [0.4, 0.5) is 11.4 Å². The van der Waals surface area contributed by atoms with Gasteiger partial charge in [-0.25, -0.2) is 0 Å². The van der Waals surface area contributed by atoms with Gasteiger partial charge < -0.3 is 13.8 Å². The van der Waals surface area contributed by atoms with Crippen molar-refractivity contribution in [2.24, 2.45) is 0 Å². The van der Waals surface area contributed by atoms with Gasteiger partial charge in [0.15, 0.2) is 0 Å². The first-order valence-electron chi connectivity index (χ1n) is 25.8. The highest BCUT2D eigenvalue weighted by Gasteiger charge is 2.48. The maximum Gasteiger partial charge on any atom is 0.333 e. The smallest absolute Gasteiger partial charge is 0.333 e. The normalized spacial score (nSPS) is 17.9. The van der Waals surface area contributed by atoms with Crippen LogP contribution >= 0.6 is 0 Å².